The number of carbonyl (C=O) groups excluding carboxylic acids is 2. The summed E-state index contributed by atoms with van der Waals surface area (Å²) in [6.45, 7) is 6.91. The number of halogens is 1. The highest BCUT2D eigenvalue weighted by Crippen LogP contribution is 2.35. The summed E-state index contributed by atoms with van der Waals surface area (Å²) in [5.74, 6) is 0.927. The highest BCUT2D eigenvalue weighted by Gasteiger charge is 2.49. The van der Waals surface area contributed by atoms with E-state index in [0.717, 1.165) is 29.4 Å². The first kappa shape index (κ1) is 22.9. The molecule has 34 heavy (non-hydrogen) atoms. The molecule has 1 N–H and O–H groups in total. The molecule has 3 aromatic rings. The summed E-state index contributed by atoms with van der Waals surface area (Å²) in [5.41, 5.74) is 1.33. The summed E-state index contributed by atoms with van der Waals surface area (Å²) >= 11 is 6.46. The van der Waals surface area contributed by atoms with Crippen LogP contribution in [0.5, 0.6) is 0 Å². The van der Waals surface area contributed by atoms with Crippen molar-refractivity contribution in [1.82, 2.24) is 19.8 Å². The van der Waals surface area contributed by atoms with Gasteiger partial charge in [0.25, 0.3) is 5.91 Å². The van der Waals surface area contributed by atoms with Crippen molar-refractivity contribution in [2.75, 3.05) is 0 Å². The first-order valence-electron chi connectivity index (χ1n) is 12.1. The Morgan fingerprint density at radius 2 is 1.88 bits per heavy atom. The Morgan fingerprint density at radius 1 is 1.15 bits per heavy atom. The van der Waals surface area contributed by atoms with Crippen molar-refractivity contribution in [2.45, 2.75) is 64.7 Å². The third kappa shape index (κ3) is 3.78. The Labute approximate surface area is 205 Å². The summed E-state index contributed by atoms with van der Waals surface area (Å²) in [6.07, 6.45) is 3.25. The van der Waals surface area contributed by atoms with Crippen molar-refractivity contribution in [1.29, 1.82) is 0 Å². The zero-order valence-corrected chi connectivity index (χ0v) is 20.7. The minimum Gasteiger partial charge on any atom is -0.351 e. The minimum absolute atomic E-state index is 0.103. The Kier molecular flexibility index (Phi) is 5.88. The predicted molar refractivity (Wildman–Crippen MR) is 134 cm³/mol. The molecular formula is C27H31ClN4O2. The number of hydrogen-bond donors (Lipinski definition) is 1. The standard InChI is InChI=1S/C27H31ClN4O2/c1-17-9-8-13-21(18(17)2)30-26(34)27(3)16-31-23-14-7-6-12-22(23)29-24(31)25(33)32(27)15-19-10-4-5-11-20(19)28/h4-7,10-12,14,17-18,21H,8-9,13,15-16H2,1-3H3,(H,30,34). The number of rotatable bonds is 4. The van der Waals surface area contributed by atoms with Crippen LogP contribution in [-0.4, -0.2) is 37.8 Å². The van der Waals surface area contributed by atoms with E-state index in [4.69, 9.17) is 11.6 Å². The van der Waals surface area contributed by atoms with E-state index in [1.165, 1.54) is 6.42 Å². The zero-order valence-electron chi connectivity index (χ0n) is 19.9. The number of carbonyl (C=O) groups is 2. The van der Waals surface area contributed by atoms with Crippen molar-refractivity contribution >= 4 is 34.4 Å². The lowest BCUT2D eigenvalue weighted by Gasteiger charge is -2.45. The van der Waals surface area contributed by atoms with Gasteiger partial charge in [-0.15, -0.1) is 0 Å². The summed E-state index contributed by atoms with van der Waals surface area (Å²) in [5, 5.41) is 3.91. The van der Waals surface area contributed by atoms with Crippen LogP contribution in [-0.2, 0) is 17.9 Å². The fraction of sp³-hybridized carbons (Fsp3) is 0.444. The smallest absolute Gasteiger partial charge is 0.291 e. The van der Waals surface area contributed by atoms with Crippen LogP contribution in [0.1, 0.15) is 56.2 Å². The largest absolute Gasteiger partial charge is 0.351 e. The normalized spacial score (nSPS) is 27.0. The van der Waals surface area contributed by atoms with E-state index in [0.29, 0.717) is 29.2 Å². The van der Waals surface area contributed by atoms with Gasteiger partial charge in [0, 0.05) is 17.6 Å². The zero-order chi connectivity index (χ0) is 24.0. The van der Waals surface area contributed by atoms with Crippen molar-refractivity contribution in [3.05, 3.63) is 64.9 Å². The van der Waals surface area contributed by atoms with Crippen LogP contribution in [0, 0.1) is 11.8 Å². The molecule has 2 heterocycles. The first-order valence-corrected chi connectivity index (χ1v) is 12.5. The van der Waals surface area contributed by atoms with E-state index >= 15 is 0 Å². The molecule has 0 spiro atoms. The van der Waals surface area contributed by atoms with E-state index < -0.39 is 5.54 Å². The van der Waals surface area contributed by atoms with Crippen molar-refractivity contribution < 1.29 is 9.59 Å². The molecule has 1 aliphatic carbocycles. The van der Waals surface area contributed by atoms with E-state index in [-0.39, 0.29) is 24.4 Å². The van der Waals surface area contributed by atoms with Gasteiger partial charge in [0.05, 0.1) is 17.6 Å². The lowest BCUT2D eigenvalue weighted by Crippen LogP contribution is -2.65. The second-order valence-electron chi connectivity index (χ2n) is 10.1. The molecule has 2 amide bonds. The lowest BCUT2D eigenvalue weighted by molar-refractivity contribution is -0.134. The molecule has 5 rings (SSSR count). The second-order valence-corrected chi connectivity index (χ2v) is 10.5. The molecule has 1 aromatic heterocycles. The number of amides is 2. The van der Waals surface area contributed by atoms with Gasteiger partial charge in [0.1, 0.15) is 5.54 Å². The van der Waals surface area contributed by atoms with E-state index in [1.54, 1.807) is 4.90 Å². The van der Waals surface area contributed by atoms with Gasteiger partial charge in [-0.3, -0.25) is 9.59 Å². The quantitative estimate of drug-likeness (QED) is 0.570. The molecule has 0 saturated heterocycles. The summed E-state index contributed by atoms with van der Waals surface area (Å²) in [7, 11) is 0. The number of benzene rings is 2. The van der Waals surface area contributed by atoms with E-state index in [9.17, 15) is 9.59 Å². The number of fused-ring (bicyclic) bond motifs is 3. The van der Waals surface area contributed by atoms with Gasteiger partial charge in [-0.05, 0) is 48.9 Å². The molecular weight excluding hydrogens is 448 g/mol. The van der Waals surface area contributed by atoms with Crippen LogP contribution in [0.3, 0.4) is 0 Å². The molecule has 0 bridgehead atoms. The second kappa shape index (κ2) is 8.73. The number of nitrogens with zero attached hydrogens (tertiary/aromatic N) is 3. The SMILES string of the molecule is CC1CCCC(NC(=O)C2(C)Cn3c(nc4ccccc43)C(=O)N2Cc2ccccc2Cl)C1C. The fourth-order valence-electron chi connectivity index (χ4n) is 5.48. The van der Waals surface area contributed by atoms with Crippen LogP contribution in [0.4, 0.5) is 0 Å². The van der Waals surface area contributed by atoms with E-state index in [2.05, 4.69) is 24.1 Å². The molecule has 1 aliphatic heterocycles. The van der Waals surface area contributed by atoms with Gasteiger partial charge >= 0.3 is 0 Å². The predicted octanol–water partition coefficient (Wildman–Crippen LogP) is 5.05. The highest BCUT2D eigenvalue weighted by atomic mass is 35.5. The highest BCUT2D eigenvalue weighted by molar-refractivity contribution is 6.31. The fourth-order valence-corrected chi connectivity index (χ4v) is 5.68. The molecule has 4 atom stereocenters. The molecule has 7 heteroatoms. The number of hydrogen-bond acceptors (Lipinski definition) is 3. The Hall–Kier alpha value is -2.86. The average molecular weight is 479 g/mol. The minimum atomic E-state index is -1.09. The third-order valence-corrected chi connectivity index (χ3v) is 8.32. The number of imidazole rings is 1. The van der Waals surface area contributed by atoms with Gasteiger partial charge in [-0.25, -0.2) is 4.98 Å². The lowest BCUT2D eigenvalue weighted by atomic mass is 9.77. The first-order chi connectivity index (χ1) is 16.3. The Bertz CT molecular complexity index is 1250. The topological polar surface area (TPSA) is 67.2 Å². The van der Waals surface area contributed by atoms with Gasteiger partial charge in [-0.1, -0.05) is 68.6 Å². The summed E-state index contributed by atoms with van der Waals surface area (Å²) in [6, 6.07) is 15.3. The Morgan fingerprint density at radius 3 is 2.68 bits per heavy atom. The maximum Gasteiger partial charge on any atom is 0.291 e. The maximum absolute atomic E-state index is 14.0. The van der Waals surface area contributed by atoms with Crippen LogP contribution in [0.15, 0.2) is 48.5 Å². The molecule has 1 saturated carbocycles. The molecule has 0 radical (unpaired) electrons. The molecule has 1 fully saturated rings. The Balaban J connectivity index is 1.55. The molecule has 4 unspecified atom stereocenters. The third-order valence-electron chi connectivity index (χ3n) is 7.95. The maximum atomic E-state index is 14.0. The summed E-state index contributed by atoms with van der Waals surface area (Å²) in [4.78, 5) is 34.1. The number of para-hydroxylation sites is 2. The van der Waals surface area contributed by atoms with Gasteiger partial charge in [0.15, 0.2) is 5.82 Å². The van der Waals surface area contributed by atoms with Crippen LogP contribution in [0.2, 0.25) is 5.02 Å². The summed E-state index contributed by atoms with van der Waals surface area (Å²) < 4.78 is 1.90. The number of nitrogens with one attached hydrogen (secondary N) is 1. The number of aromatic nitrogens is 2. The molecule has 2 aromatic carbocycles. The van der Waals surface area contributed by atoms with Crippen LogP contribution < -0.4 is 5.32 Å². The van der Waals surface area contributed by atoms with Crippen molar-refractivity contribution in [3.63, 3.8) is 0 Å². The molecule has 2 aliphatic rings. The van der Waals surface area contributed by atoms with Crippen LogP contribution >= 0.6 is 11.6 Å². The van der Waals surface area contributed by atoms with Gasteiger partial charge < -0.3 is 14.8 Å². The van der Waals surface area contributed by atoms with Gasteiger partial charge in [0.2, 0.25) is 5.91 Å². The van der Waals surface area contributed by atoms with Crippen molar-refractivity contribution in [3.8, 4) is 0 Å². The van der Waals surface area contributed by atoms with Gasteiger partial charge in [-0.2, -0.15) is 0 Å². The van der Waals surface area contributed by atoms with Crippen LogP contribution in [0.25, 0.3) is 11.0 Å². The van der Waals surface area contributed by atoms with E-state index in [1.807, 2.05) is 60.0 Å². The molecule has 6 nitrogen and oxygen atoms in total. The molecule has 178 valence electrons. The monoisotopic (exact) mass is 478 g/mol. The average Bonchev–Trinajstić information content (AvgIpc) is 3.19. The van der Waals surface area contributed by atoms with Crippen molar-refractivity contribution in [2.24, 2.45) is 11.8 Å².